The van der Waals surface area contributed by atoms with Gasteiger partial charge >= 0.3 is 30.0 Å². The van der Waals surface area contributed by atoms with Gasteiger partial charge in [-0.1, -0.05) is 35.9 Å². The van der Waals surface area contributed by atoms with Gasteiger partial charge in [-0.25, -0.2) is 9.78 Å². The van der Waals surface area contributed by atoms with E-state index in [1.165, 1.54) is 24.3 Å². The van der Waals surface area contributed by atoms with Crippen LogP contribution in [0.5, 0.6) is 6.01 Å². The summed E-state index contributed by atoms with van der Waals surface area (Å²) in [7, 11) is 1.14. The molecular weight excluding hydrogens is 785 g/mol. The van der Waals surface area contributed by atoms with Crippen LogP contribution in [-0.2, 0) is 31.2 Å². The number of aromatic nitrogens is 5. The molecule has 302 valence electrons. The second kappa shape index (κ2) is 18.0. The van der Waals surface area contributed by atoms with Crippen LogP contribution in [0.4, 0.5) is 36.4 Å². The van der Waals surface area contributed by atoms with Gasteiger partial charge in [-0.3, -0.25) is 14.4 Å². The summed E-state index contributed by atoms with van der Waals surface area (Å²) in [6, 6.07) is 18.1. The third kappa shape index (κ3) is 11.4. The summed E-state index contributed by atoms with van der Waals surface area (Å²) >= 11 is 6.03. The van der Waals surface area contributed by atoms with Crippen molar-refractivity contribution in [3.05, 3.63) is 113 Å². The summed E-state index contributed by atoms with van der Waals surface area (Å²) in [5.74, 6) is -3.48. The minimum atomic E-state index is -4.64. The first-order chi connectivity index (χ1) is 27.8. The fraction of sp³-hybridized carbons (Fsp3) is 0.263. The zero-order chi connectivity index (χ0) is 41.3. The fourth-order valence-electron chi connectivity index (χ4n) is 5.62. The van der Waals surface area contributed by atoms with Gasteiger partial charge in [-0.2, -0.15) is 28.1 Å². The Bertz CT molecular complexity index is 2220. The molecule has 1 saturated carbocycles. The lowest BCUT2D eigenvalue weighted by Crippen LogP contribution is -2.44. The number of ether oxygens (including phenoxy) is 2. The van der Waals surface area contributed by atoms with Crippen LogP contribution in [0.15, 0.2) is 91.5 Å². The summed E-state index contributed by atoms with van der Waals surface area (Å²) in [5.41, 5.74) is 2.17. The Morgan fingerprint density at radius 3 is 2.22 bits per heavy atom. The number of hydrogen-bond acceptors (Lipinski definition) is 12. The number of nitrogens with one attached hydrogen (secondary N) is 5. The van der Waals surface area contributed by atoms with E-state index in [1.54, 1.807) is 48.9 Å². The summed E-state index contributed by atoms with van der Waals surface area (Å²) < 4.78 is 50.5. The maximum atomic E-state index is 13.1. The van der Waals surface area contributed by atoms with Gasteiger partial charge < -0.3 is 40.6 Å². The predicted molar refractivity (Wildman–Crippen MR) is 204 cm³/mol. The van der Waals surface area contributed by atoms with E-state index >= 15 is 0 Å². The van der Waals surface area contributed by atoms with E-state index in [9.17, 15) is 32.3 Å². The molecule has 0 aliphatic heterocycles. The second-order valence-electron chi connectivity index (χ2n) is 13.1. The molecule has 1 aliphatic carbocycles. The van der Waals surface area contributed by atoms with E-state index in [2.05, 4.69) is 46.5 Å². The number of halogens is 4. The summed E-state index contributed by atoms with van der Waals surface area (Å²) in [5, 5.41) is 14.1. The van der Waals surface area contributed by atoms with Gasteiger partial charge in [0.05, 0.1) is 19.0 Å². The molecule has 6 rings (SSSR count). The van der Waals surface area contributed by atoms with Crippen molar-refractivity contribution in [2.75, 3.05) is 36.2 Å². The third-order valence-electron chi connectivity index (χ3n) is 8.73. The number of carbonyl (C=O) groups excluding carboxylic acids is 4. The van der Waals surface area contributed by atoms with Crippen LogP contribution >= 0.6 is 11.6 Å². The van der Waals surface area contributed by atoms with Crippen LogP contribution in [0.1, 0.15) is 40.7 Å². The normalized spacial score (nSPS) is 13.4. The molecule has 1 atom stereocenters. The Balaban J connectivity index is 1.03. The van der Waals surface area contributed by atoms with Gasteiger partial charge in [0.25, 0.3) is 5.91 Å². The van der Waals surface area contributed by atoms with Crippen LogP contribution in [0.2, 0.25) is 5.02 Å². The van der Waals surface area contributed by atoms with E-state index < -0.39 is 54.1 Å². The van der Waals surface area contributed by atoms with Crippen molar-refractivity contribution in [1.82, 2.24) is 35.1 Å². The van der Waals surface area contributed by atoms with Gasteiger partial charge in [0.1, 0.15) is 6.04 Å². The molecule has 5 N–H and O–H groups in total. The third-order valence-corrected chi connectivity index (χ3v) is 8.98. The molecule has 5 aromatic rings. The topological polar surface area (TPSA) is 203 Å². The van der Waals surface area contributed by atoms with Crippen molar-refractivity contribution in [2.24, 2.45) is 0 Å². The Kier molecular flexibility index (Phi) is 12.7. The molecule has 1 fully saturated rings. The monoisotopic (exact) mass is 820 g/mol. The van der Waals surface area contributed by atoms with E-state index in [0.717, 1.165) is 18.2 Å². The van der Waals surface area contributed by atoms with Crippen molar-refractivity contribution < 1.29 is 41.8 Å². The highest BCUT2D eigenvalue weighted by molar-refractivity contribution is 6.39. The van der Waals surface area contributed by atoms with Gasteiger partial charge in [0.2, 0.25) is 11.9 Å². The zero-order valence-corrected chi connectivity index (χ0v) is 31.4. The van der Waals surface area contributed by atoms with Crippen LogP contribution in [0.3, 0.4) is 0 Å². The van der Waals surface area contributed by atoms with Crippen molar-refractivity contribution in [3.8, 4) is 6.01 Å². The molecule has 1 aliphatic rings. The first-order valence-electron chi connectivity index (χ1n) is 17.7. The lowest BCUT2D eigenvalue weighted by molar-refractivity contribution is -0.154. The number of alkyl halides is 3. The van der Waals surface area contributed by atoms with E-state index in [-0.39, 0.29) is 30.4 Å². The SMILES string of the molecule is COC(=O)[C@H](CCNC(=O)C(=O)Nc1ccc(Cn2ccnc2)cc1)NC(=O)c1ccc(Nc2nc(NC3(c4ccc(Cl)cc4)CC3)nc(OCC(F)(F)F)n2)cc1. The molecule has 3 aromatic carbocycles. The van der Waals surface area contributed by atoms with Crippen molar-refractivity contribution >= 4 is 58.6 Å². The summed E-state index contributed by atoms with van der Waals surface area (Å²) in [6.07, 6.45) is 1.83. The van der Waals surface area contributed by atoms with Crippen LogP contribution in [0.25, 0.3) is 0 Å². The molecule has 0 spiro atoms. The minimum Gasteiger partial charge on any atom is -0.467 e. The maximum Gasteiger partial charge on any atom is 0.422 e. The molecular formula is C38H36ClF3N10O6. The van der Waals surface area contributed by atoms with Crippen molar-refractivity contribution in [2.45, 2.75) is 43.6 Å². The largest absolute Gasteiger partial charge is 0.467 e. The molecule has 20 heteroatoms. The number of anilines is 4. The van der Waals surface area contributed by atoms with Gasteiger partial charge in [0.15, 0.2) is 6.61 Å². The second-order valence-corrected chi connectivity index (χ2v) is 13.5. The molecule has 3 amide bonds. The highest BCUT2D eigenvalue weighted by atomic mass is 35.5. The summed E-state index contributed by atoms with van der Waals surface area (Å²) in [6.45, 7) is -1.20. The number of hydrogen-bond donors (Lipinski definition) is 5. The number of benzene rings is 3. The fourth-order valence-corrected chi connectivity index (χ4v) is 5.75. The number of amides is 3. The lowest BCUT2D eigenvalue weighted by Gasteiger charge is -2.19. The smallest absolute Gasteiger partial charge is 0.422 e. The van der Waals surface area contributed by atoms with Gasteiger partial charge in [-0.05, 0) is 78.9 Å². The average molecular weight is 821 g/mol. The highest BCUT2D eigenvalue weighted by Gasteiger charge is 2.45. The van der Waals surface area contributed by atoms with Gasteiger partial charge in [0, 0.05) is 47.4 Å². The summed E-state index contributed by atoms with van der Waals surface area (Å²) in [4.78, 5) is 66.9. The van der Waals surface area contributed by atoms with Gasteiger partial charge in [-0.15, -0.1) is 0 Å². The number of carbonyl (C=O) groups is 4. The van der Waals surface area contributed by atoms with Crippen LogP contribution < -0.4 is 31.3 Å². The molecule has 0 radical (unpaired) electrons. The van der Waals surface area contributed by atoms with Crippen molar-refractivity contribution in [3.63, 3.8) is 0 Å². The molecule has 16 nitrogen and oxygen atoms in total. The number of nitrogens with zero attached hydrogens (tertiary/aromatic N) is 5. The number of rotatable bonds is 16. The molecule has 2 aromatic heterocycles. The van der Waals surface area contributed by atoms with E-state index in [4.69, 9.17) is 21.1 Å². The Hall–Kier alpha value is -6.76. The predicted octanol–water partition coefficient (Wildman–Crippen LogP) is 4.97. The highest BCUT2D eigenvalue weighted by Crippen LogP contribution is 2.48. The number of methoxy groups -OCH3 is 1. The maximum absolute atomic E-state index is 13.1. The first kappa shape index (κ1) is 40.9. The van der Waals surface area contributed by atoms with Crippen LogP contribution in [0, 0.1) is 0 Å². The molecule has 0 bridgehead atoms. The molecule has 58 heavy (non-hydrogen) atoms. The Morgan fingerprint density at radius 2 is 1.59 bits per heavy atom. The number of esters is 1. The first-order valence-corrected chi connectivity index (χ1v) is 18.0. The Labute approximate surface area is 333 Å². The standard InChI is InChI=1S/C38H36ClF3N10O6/c1-57-33(56)29(14-17-44-31(54)32(55)45-27-10-2-23(3-11-27)20-52-19-18-43-22-52)47-30(53)24-4-12-28(13-5-24)46-34-48-35(50-36(49-34)58-21-38(40,41)42)51-37(15-16-37)25-6-8-26(39)9-7-25/h2-13,18-19,22,29H,14-17,20-21H2,1H3,(H,44,54)(H,45,55)(H,47,53)(H2,46,48,49,50,51)/t29-/m0/s1. The quantitative estimate of drug-likeness (QED) is 0.0662. The minimum absolute atomic E-state index is 0.0311. The van der Waals surface area contributed by atoms with Crippen LogP contribution in [-0.4, -0.2) is 80.7 Å². The lowest BCUT2D eigenvalue weighted by atomic mass is 10.1. The van der Waals surface area contributed by atoms with Crippen molar-refractivity contribution in [1.29, 1.82) is 0 Å². The zero-order valence-electron chi connectivity index (χ0n) is 30.7. The van der Waals surface area contributed by atoms with E-state index in [1.807, 2.05) is 22.9 Å². The number of imidazole rings is 1. The Morgan fingerprint density at radius 1 is 0.897 bits per heavy atom. The molecule has 0 saturated heterocycles. The van der Waals surface area contributed by atoms with E-state index in [0.29, 0.717) is 35.8 Å². The molecule has 0 unspecified atom stereocenters. The average Bonchev–Trinajstić information content (AvgIpc) is 3.79. The molecule has 2 heterocycles.